The van der Waals surface area contributed by atoms with Crippen molar-refractivity contribution in [3.05, 3.63) is 64.7 Å². The van der Waals surface area contributed by atoms with Gasteiger partial charge in [0, 0.05) is 46.9 Å². The number of amides is 1. The Morgan fingerprint density at radius 3 is 2.48 bits per heavy atom. The fraction of sp³-hybridized carbons (Fsp3) is 0.273. The molecule has 152 valence electrons. The van der Waals surface area contributed by atoms with E-state index in [0.717, 1.165) is 21.8 Å². The Morgan fingerprint density at radius 1 is 1.14 bits per heavy atom. The normalized spacial score (nSPS) is 10.6. The van der Waals surface area contributed by atoms with Crippen LogP contribution >= 0.6 is 11.3 Å². The van der Waals surface area contributed by atoms with Crippen molar-refractivity contribution in [2.45, 2.75) is 13.5 Å². The molecule has 0 fully saturated rings. The lowest BCUT2D eigenvalue weighted by Crippen LogP contribution is -2.33. The molecule has 7 heteroatoms. The molecule has 0 unspecified atom stereocenters. The lowest BCUT2D eigenvalue weighted by Gasteiger charge is -2.23. The minimum atomic E-state index is -0.154. The van der Waals surface area contributed by atoms with Crippen LogP contribution in [0.1, 0.15) is 21.6 Å². The van der Waals surface area contributed by atoms with Crippen LogP contribution in [-0.2, 0) is 6.54 Å². The molecule has 29 heavy (non-hydrogen) atoms. The van der Waals surface area contributed by atoms with E-state index in [1.807, 2.05) is 36.6 Å². The molecule has 0 aliphatic rings. The molecule has 0 saturated carbocycles. The summed E-state index contributed by atoms with van der Waals surface area (Å²) in [4.78, 5) is 19.1. The molecule has 0 aliphatic heterocycles. The quantitative estimate of drug-likeness (QED) is 0.610. The first-order valence-electron chi connectivity index (χ1n) is 9.19. The molecule has 0 aliphatic carbocycles. The van der Waals surface area contributed by atoms with Gasteiger partial charge in [0.15, 0.2) is 0 Å². The average Bonchev–Trinajstić information content (AvgIpc) is 3.19. The molecular formula is C22H24N2O4S. The van der Waals surface area contributed by atoms with Gasteiger partial charge in [-0.25, -0.2) is 4.98 Å². The summed E-state index contributed by atoms with van der Waals surface area (Å²) in [6.07, 6.45) is 0. The van der Waals surface area contributed by atoms with E-state index in [2.05, 4.69) is 4.98 Å². The third-order valence-electron chi connectivity index (χ3n) is 4.51. The first-order valence-corrected chi connectivity index (χ1v) is 10.1. The van der Waals surface area contributed by atoms with Crippen LogP contribution in [0, 0.1) is 6.92 Å². The summed E-state index contributed by atoms with van der Waals surface area (Å²) in [5.74, 6) is 1.16. The summed E-state index contributed by atoms with van der Waals surface area (Å²) in [6, 6.07) is 12.9. The Labute approximate surface area is 174 Å². The van der Waals surface area contributed by atoms with E-state index in [4.69, 9.17) is 9.47 Å². The molecule has 3 aromatic rings. The van der Waals surface area contributed by atoms with Gasteiger partial charge in [0.05, 0.1) is 20.8 Å². The van der Waals surface area contributed by atoms with Crippen LogP contribution < -0.4 is 9.47 Å². The second-order valence-corrected chi connectivity index (χ2v) is 7.36. The second-order valence-electron chi connectivity index (χ2n) is 6.50. The molecule has 1 N–H and O–H groups in total. The smallest absolute Gasteiger partial charge is 0.254 e. The molecule has 0 saturated heterocycles. The number of ether oxygens (including phenoxy) is 2. The Kier molecular flexibility index (Phi) is 6.85. The van der Waals surface area contributed by atoms with Crippen LogP contribution in [0.25, 0.3) is 10.6 Å². The number of hydrogen-bond acceptors (Lipinski definition) is 6. The van der Waals surface area contributed by atoms with Crippen LogP contribution in [0.4, 0.5) is 0 Å². The summed E-state index contributed by atoms with van der Waals surface area (Å²) in [5, 5.41) is 12.4. The highest BCUT2D eigenvalue weighted by atomic mass is 32.1. The third-order valence-corrected chi connectivity index (χ3v) is 5.52. The number of methoxy groups -OCH3 is 2. The van der Waals surface area contributed by atoms with Crippen LogP contribution in [0.2, 0.25) is 0 Å². The monoisotopic (exact) mass is 412 g/mol. The standard InChI is InChI=1S/C22H24N2O4S/c1-15-14-29-21(23-15)16-4-6-17(7-5-16)22(26)24(10-11-25)13-18-8-9-19(27-2)12-20(18)28-3/h4-9,12,14,25H,10-11,13H2,1-3H3. The molecule has 1 amide bonds. The van der Waals surface area contributed by atoms with Crippen LogP contribution in [0.5, 0.6) is 11.5 Å². The number of aliphatic hydroxyl groups is 1. The molecule has 0 spiro atoms. The topological polar surface area (TPSA) is 71.9 Å². The van der Waals surface area contributed by atoms with Crippen LogP contribution in [-0.4, -0.2) is 48.3 Å². The van der Waals surface area contributed by atoms with E-state index in [1.54, 1.807) is 48.7 Å². The van der Waals surface area contributed by atoms with Crippen molar-refractivity contribution in [1.82, 2.24) is 9.88 Å². The molecule has 1 heterocycles. The maximum absolute atomic E-state index is 13.1. The SMILES string of the molecule is COc1ccc(CN(CCO)C(=O)c2ccc(-c3nc(C)cs3)cc2)c(OC)c1. The number of benzene rings is 2. The largest absolute Gasteiger partial charge is 0.497 e. The number of nitrogens with zero attached hydrogens (tertiary/aromatic N) is 2. The minimum Gasteiger partial charge on any atom is -0.497 e. The van der Waals surface area contributed by atoms with Gasteiger partial charge < -0.3 is 19.5 Å². The summed E-state index contributed by atoms with van der Waals surface area (Å²) in [5.41, 5.74) is 3.35. The summed E-state index contributed by atoms with van der Waals surface area (Å²) in [7, 11) is 3.17. The lowest BCUT2D eigenvalue weighted by molar-refractivity contribution is 0.0706. The van der Waals surface area contributed by atoms with Gasteiger partial charge in [-0.1, -0.05) is 12.1 Å². The predicted octanol–water partition coefficient (Wildman–Crippen LogP) is 3.77. The second kappa shape index (κ2) is 9.54. The van der Waals surface area contributed by atoms with E-state index in [-0.39, 0.29) is 19.1 Å². The molecule has 6 nitrogen and oxygen atoms in total. The summed E-state index contributed by atoms with van der Waals surface area (Å²) < 4.78 is 10.7. The zero-order valence-corrected chi connectivity index (χ0v) is 17.5. The first-order chi connectivity index (χ1) is 14.0. The van der Waals surface area contributed by atoms with Gasteiger partial charge in [-0.2, -0.15) is 0 Å². The van der Waals surface area contributed by atoms with Gasteiger partial charge in [0.25, 0.3) is 5.91 Å². The maximum Gasteiger partial charge on any atom is 0.254 e. The maximum atomic E-state index is 13.1. The van der Waals surface area contributed by atoms with Crippen molar-refractivity contribution in [3.63, 3.8) is 0 Å². The fourth-order valence-electron chi connectivity index (χ4n) is 2.99. The van der Waals surface area contributed by atoms with Crippen LogP contribution in [0.3, 0.4) is 0 Å². The predicted molar refractivity (Wildman–Crippen MR) is 114 cm³/mol. The van der Waals surface area contributed by atoms with Gasteiger partial charge in [0.2, 0.25) is 0 Å². The Hall–Kier alpha value is -2.90. The molecule has 2 aromatic carbocycles. The van der Waals surface area contributed by atoms with Crippen molar-refractivity contribution in [1.29, 1.82) is 0 Å². The van der Waals surface area contributed by atoms with Crippen molar-refractivity contribution < 1.29 is 19.4 Å². The lowest BCUT2D eigenvalue weighted by atomic mass is 10.1. The molecule has 0 bridgehead atoms. The van der Waals surface area contributed by atoms with E-state index in [9.17, 15) is 9.90 Å². The third kappa shape index (κ3) is 4.93. The Balaban J connectivity index is 1.81. The van der Waals surface area contributed by atoms with Gasteiger partial charge >= 0.3 is 0 Å². The van der Waals surface area contributed by atoms with Crippen molar-refractivity contribution in [2.24, 2.45) is 0 Å². The van der Waals surface area contributed by atoms with Crippen LogP contribution in [0.15, 0.2) is 47.8 Å². The number of carbonyl (C=O) groups excluding carboxylic acids is 1. The molecule has 0 radical (unpaired) electrons. The molecule has 1 aromatic heterocycles. The number of aliphatic hydroxyl groups excluding tert-OH is 1. The highest BCUT2D eigenvalue weighted by Gasteiger charge is 2.18. The molecule has 3 rings (SSSR count). The van der Waals surface area contributed by atoms with Crippen molar-refractivity contribution in [2.75, 3.05) is 27.4 Å². The number of aromatic nitrogens is 1. The molecule has 0 atom stereocenters. The zero-order valence-electron chi connectivity index (χ0n) is 16.7. The first kappa shape index (κ1) is 20.8. The van der Waals surface area contributed by atoms with E-state index < -0.39 is 0 Å². The average molecular weight is 413 g/mol. The van der Waals surface area contributed by atoms with Crippen molar-refractivity contribution >= 4 is 17.2 Å². The summed E-state index contributed by atoms with van der Waals surface area (Å²) in [6.45, 7) is 2.38. The van der Waals surface area contributed by atoms with E-state index >= 15 is 0 Å². The number of hydrogen-bond donors (Lipinski definition) is 1. The highest BCUT2D eigenvalue weighted by molar-refractivity contribution is 7.13. The van der Waals surface area contributed by atoms with E-state index in [0.29, 0.717) is 23.6 Å². The van der Waals surface area contributed by atoms with Crippen molar-refractivity contribution in [3.8, 4) is 22.1 Å². The van der Waals surface area contributed by atoms with Gasteiger partial charge in [0.1, 0.15) is 16.5 Å². The zero-order chi connectivity index (χ0) is 20.8. The highest BCUT2D eigenvalue weighted by Crippen LogP contribution is 2.27. The number of rotatable bonds is 8. The Bertz CT molecular complexity index is 969. The molecular weight excluding hydrogens is 388 g/mol. The van der Waals surface area contributed by atoms with Gasteiger partial charge in [-0.05, 0) is 31.2 Å². The number of thiazole rings is 1. The number of aryl methyl sites for hydroxylation is 1. The van der Waals surface area contributed by atoms with Gasteiger partial charge in [-0.3, -0.25) is 4.79 Å². The Morgan fingerprint density at radius 2 is 1.90 bits per heavy atom. The van der Waals surface area contributed by atoms with E-state index in [1.165, 1.54) is 0 Å². The number of carbonyl (C=O) groups is 1. The minimum absolute atomic E-state index is 0.124. The summed E-state index contributed by atoms with van der Waals surface area (Å²) >= 11 is 1.58. The fourth-order valence-corrected chi connectivity index (χ4v) is 3.79. The van der Waals surface area contributed by atoms with Gasteiger partial charge in [-0.15, -0.1) is 11.3 Å².